The Hall–Kier alpha value is -3.28. The Kier molecular flexibility index (Phi) is 5.02. The fourth-order valence-electron chi connectivity index (χ4n) is 3.63. The lowest BCUT2D eigenvalue weighted by atomic mass is 10.0. The van der Waals surface area contributed by atoms with Gasteiger partial charge in [-0.3, -0.25) is 4.79 Å². The average molecular weight is 377 g/mol. The monoisotopic (exact) mass is 377 g/mol. The van der Waals surface area contributed by atoms with Crippen LogP contribution in [0.15, 0.2) is 54.6 Å². The predicted molar refractivity (Wildman–Crippen MR) is 107 cm³/mol. The first kappa shape index (κ1) is 18.1. The first-order valence-corrected chi connectivity index (χ1v) is 9.46. The summed E-state index contributed by atoms with van der Waals surface area (Å²) in [5.74, 6) is -0.104. The highest BCUT2D eigenvalue weighted by molar-refractivity contribution is 5.88. The number of aromatic amines is 1. The smallest absolute Gasteiger partial charge is 0.408 e. The summed E-state index contributed by atoms with van der Waals surface area (Å²) in [7, 11) is 0. The van der Waals surface area contributed by atoms with Crippen molar-refractivity contribution in [3.63, 3.8) is 0 Å². The standard InChI is InChI=1S/C22H23N3O3/c1-15(23-22(27)28-14-16-7-3-2-4-8-16)21(26)25-12-11-20-18(13-25)17-9-5-6-10-19(17)24-20/h2-10,15,24H,11-14H2,1H3,(H,23,27)/t15-/m0/s1. The first-order valence-electron chi connectivity index (χ1n) is 9.46. The summed E-state index contributed by atoms with van der Waals surface area (Å²) in [5, 5.41) is 3.79. The van der Waals surface area contributed by atoms with Gasteiger partial charge in [0, 0.05) is 41.7 Å². The number of ether oxygens (including phenoxy) is 1. The number of carbonyl (C=O) groups excluding carboxylic acids is 2. The predicted octanol–water partition coefficient (Wildman–Crippen LogP) is 3.37. The topological polar surface area (TPSA) is 74.4 Å². The molecule has 144 valence electrons. The van der Waals surface area contributed by atoms with Gasteiger partial charge in [-0.15, -0.1) is 0 Å². The zero-order valence-corrected chi connectivity index (χ0v) is 15.8. The van der Waals surface area contributed by atoms with E-state index in [1.54, 1.807) is 11.8 Å². The summed E-state index contributed by atoms with van der Waals surface area (Å²) in [4.78, 5) is 30.1. The van der Waals surface area contributed by atoms with Gasteiger partial charge in [0.15, 0.2) is 0 Å². The Balaban J connectivity index is 1.35. The molecule has 0 bridgehead atoms. The maximum absolute atomic E-state index is 12.8. The Morgan fingerprint density at radius 2 is 1.89 bits per heavy atom. The molecule has 0 saturated carbocycles. The van der Waals surface area contributed by atoms with Gasteiger partial charge in [0.05, 0.1) is 0 Å². The molecule has 3 aromatic rings. The molecule has 0 radical (unpaired) electrons. The maximum atomic E-state index is 12.8. The van der Waals surface area contributed by atoms with E-state index in [0.717, 1.165) is 28.5 Å². The summed E-state index contributed by atoms with van der Waals surface area (Å²) >= 11 is 0. The van der Waals surface area contributed by atoms with Gasteiger partial charge in [0.2, 0.25) is 5.91 Å². The number of para-hydroxylation sites is 1. The van der Waals surface area contributed by atoms with Gasteiger partial charge in [-0.1, -0.05) is 48.5 Å². The van der Waals surface area contributed by atoms with Gasteiger partial charge in [-0.05, 0) is 18.6 Å². The molecular formula is C22H23N3O3. The van der Waals surface area contributed by atoms with E-state index < -0.39 is 12.1 Å². The molecular weight excluding hydrogens is 354 g/mol. The molecule has 1 aliphatic rings. The lowest BCUT2D eigenvalue weighted by molar-refractivity contribution is -0.133. The third-order valence-electron chi connectivity index (χ3n) is 5.11. The zero-order valence-electron chi connectivity index (χ0n) is 15.8. The normalized spacial score (nSPS) is 14.4. The molecule has 1 aliphatic heterocycles. The fourth-order valence-corrected chi connectivity index (χ4v) is 3.63. The average Bonchev–Trinajstić information content (AvgIpc) is 3.10. The van der Waals surface area contributed by atoms with Crippen molar-refractivity contribution < 1.29 is 14.3 Å². The number of benzene rings is 2. The van der Waals surface area contributed by atoms with Gasteiger partial charge >= 0.3 is 6.09 Å². The lowest BCUT2D eigenvalue weighted by Gasteiger charge is -2.29. The number of nitrogens with one attached hydrogen (secondary N) is 2. The number of nitrogens with zero attached hydrogens (tertiary/aromatic N) is 1. The molecule has 0 aliphatic carbocycles. The van der Waals surface area contributed by atoms with Crippen LogP contribution in [0.3, 0.4) is 0 Å². The van der Waals surface area contributed by atoms with Crippen molar-refractivity contribution >= 4 is 22.9 Å². The van der Waals surface area contributed by atoms with Crippen molar-refractivity contribution in [1.82, 2.24) is 15.2 Å². The van der Waals surface area contributed by atoms with Gasteiger partial charge < -0.3 is 19.9 Å². The van der Waals surface area contributed by atoms with Gasteiger partial charge in [-0.25, -0.2) is 4.79 Å². The summed E-state index contributed by atoms with van der Waals surface area (Å²) in [6, 6.07) is 16.9. The first-order chi connectivity index (χ1) is 13.6. The molecule has 6 heteroatoms. The second-order valence-electron chi connectivity index (χ2n) is 7.07. The highest BCUT2D eigenvalue weighted by Gasteiger charge is 2.27. The number of amides is 2. The van der Waals surface area contributed by atoms with E-state index >= 15 is 0 Å². The number of alkyl carbamates (subject to hydrolysis) is 1. The Morgan fingerprint density at radius 1 is 1.14 bits per heavy atom. The van der Waals surface area contributed by atoms with E-state index in [4.69, 9.17) is 4.74 Å². The zero-order chi connectivity index (χ0) is 19.5. The van der Waals surface area contributed by atoms with Crippen LogP contribution in [0.25, 0.3) is 10.9 Å². The molecule has 0 saturated heterocycles. The molecule has 0 fully saturated rings. The summed E-state index contributed by atoms with van der Waals surface area (Å²) in [6.07, 6.45) is 0.190. The van der Waals surface area contributed by atoms with E-state index in [2.05, 4.69) is 16.4 Å². The number of H-pyrrole nitrogens is 1. The molecule has 2 heterocycles. The minimum atomic E-state index is -0.643. The second-order valence-corrected chi connectivity index (χ2v) is 7.07. The van der Waals surface area contributed by atoms with Crippen LogP contribution in [0.4, 0.5) is 4.79 Å². The third kappa shape index (κ3) is 3.71. The van der Waals surface area contributed by atoms with Crippen molar-refractivity contribution in [2.24, 2.45) is 0 Å². The number of rotatable bonds is 4. The quantitative estimate of drug-likeness (QED) is 0.732. The highest BCUT2D eigenvalue weighted by Crippen LogP contribution is 2.27. The SMILES string of the molecule is C[C@H](NC(=O)OCc1ccccc1)C(=O)N1CCc2[nH]c3ccccc3c2C1. The summed E-state index contributed by atoms with van der Waals surface area (Å²) in [6.45, 7) is 3.04. The van der Waals surface area contributed by atoms with Crippen LogP contribution in [-0.2, 0) is 29.1 Å². The van der Waals surface area contributed by atoms with E-state index in [0.29, 0.717) is 13.1 Å². The number of carbonyl (C=O) groups is 2. The fraction of sp³-hybridized carbons (Fsp3) is 0.273. The minimum Gasteiger partial charge on any atom is -0.445 e. The van der Waals surface area contributed by atoms with Crippen LogP contribution >= 0.6 is 0 Å². The van der Waals surface area contributed by atoms with Crippen LogP contribution in [0.1, 0.15) is 23.7 Å². The van der Waals surface area contributed by atoms with Crippen LogP contribution < -0.4 is 5.32 Å². The third-order valence-corrected chi connectivity index (χ3v) is 5.11. The molecule has 1 aromatic heterocycles. The van der Waals surface area contributed by atoms with Gasteiger partial charge in [0.25, 0.3) is 0 Å². The molecule has 2 aromatic carbocycles. The molecule has 0 unspecified atom stereocenters. The number of hydrogen-bond donors (Lipinski definition) is 2. The molecule has 6 nitrogen and oxygen atoms in total. The van der Waals surface area contributed by atoms with Gasteiger partial charge in [0.1, 0.15) is 12.6 Å². The summed E-state index contributed by atoms with van der Waals surface area (Å²) < 4.78 is 5.21. The molecule has 2 N–H and O–H groups in total. The van der Waals surface area contributed by atoms with E-state index in [-0.39, 0.29) is 12.5 Å². The number of hydrogen-bond acceptors (Lipinski definition) is 3. The lowest BCUT2D eigenvalue weighted by Crippen LogP contribution is -2.48. The second kappa shape index (κ2) is 7.76. The largest absolute Gasteiger partial charge is 0.445 e. The minimum absolute atomic E-state index is 0.104. The molecule has 1 atom stereocenters. The number of aromatic nitrogens is 1. The summed E-state index contributed by atoms with van der Waals surface area (Å²) in [5.41, 5.74) is 4.35. The van der Waals surface area contributed by atoms with E-state index in [1.807, 2.05) is 48.5 Å². The molecule has 0 spiro atoms. The van der Waals surface area contributed by atoms with Crippen molar-refractivity contribution in [3.05, 3.63) is 71.4 Å². The van der Waals surface area contributed by atoms with Crippen LogP contribution in [-0.4, -0.2) is 34.5 Å². The Morgan fingerprint density at radius 3 is 2.71 bits per heavy atom. The van der Waals surface area contributed by atoms with Crippen molar-refractivity contribution in [2.75, 3.05) is 6.54 Å². The molecule has 4 rings (SSSR count). The highest BCUT2D eigenvalue weighted by atomic mass is 16.5. The van der Waals surface area contributed by atoms with Gasteiger partial charge in [-0.2, -0.15) is 0 Å². The van der Waals surface area contributed by atoms with Crippen LogP contribution in [0, 0.1) is 0 Å². The van der Waals surface area contributed by atoms with Crippen molar-refractivity contribution in [2.45, 2.75) is 32.5 Å². The van der Waals surface area contributed by atoms with Crippen molar-refractivity contribution in [3.8, 4) is 0 Å². The van der Waals surface area contributed by atoms with E-state index in [9.17, 15) is 9.59 Å². The van der Waals surface area contributed by atoms with Crippen LogP contribution in [0.2, 0.25) is 0 Å². The molecule has 28 heavy (non-hydrogen) atoms. The maximum Gasteiger partial charge on any atom is 0.408 e. The number of fused-ring (bicyclic) bond motifs is 3. The Bertz CT molecular complexity index is 997. The molecule has 2 amide bonds. The van der Waals surface area contributed by atoms with E-state index in [1.165, 1.54) is 5.69 Å². The Labute approximate surface area is 163 Å². The van der Waals surface area contributed by atoms with Crippen molar-refractivity contribution in [1.29, 1.82) is 0 Å². The van der Waals surface area contributed by atoms with Crippen LogP contribution in [0.5, 0.6) is 0 Å².